The second kappa shape index (κ2) is 11.2. The highest BCUT2D eigenvalue weighted by Crippen LogP contribution is 2.42. The van der Waals surface area contributed by atoms with Gasteiger partial charge in [-0.1, -0.05) is 42.5 Å². The predicted molar refractivity (Wildman–Crippen MR) is 156 cm³/mol. The molecule has 0 saturated carbocycles. The standard InChI is InChI=1S/C32H35N5O2S/c1-23-35-31-9-5-6-10-32(31)37(23)29-19-27-13-14-28(20-29)36(27)18-17-26(25-7-3-2-4-8-25)22-34-40(38,39)30-15-11-24(21-33)12-16-30/h2-12,15-16,26-29,34H,13-14,17-20,22H2,1H3/t26?,27-,28+,29+. The summed E-state index contributed by atoms with van der Waals surface area (Å²) in [6.07, 6.45) is 5.56. The van der Waals surface area contributed by atoms with E-state index in [-0.39, 0.29) is 10.8 Å². The Bertz CT molecular complexity index is 1610. The Labute approximate surface area is 236 Å². The van der Waals surface area contributed by atoms with Gasteiger partial charge in [-0.25, -0.2) is 18.1 Å². The summed E-state index contributed by atoms with van der Waals surface area (Å²) in [6.45, 7) is 3.40. The minimum Gasteiger partial charge on any atom is -0.325 e. The third-order valence-corrected chi connectivity index (χ3v) is 10.3. The van der Waals surface area contributed by atoms with Gasteiger partial charge in [-0.3, -0.25) is 4.90 Å². The lowest BCUT2D eigenvalue weighted by Crippen LogP contribution is -2.44. The monoisotopic (exact) mass is 553 g/mol. The fourth-order valence-electron chi connectivity index (χ4n) is 6.87. The molecule has 0 amide bonds. The van der Waals surface area contributed by atoms with Gasteiger partial charge in [0, 0.05) is 24.7 Å². The topological polar surface area (TPSA) is 91.0 Å². The third-order valence-electron chi connectivity index (χ3n) is 8.82. The molecule has 1 unspecified atom stereocenters. The number of imidazole rings is 1. The molecule has 2 saturated heterocycles. The molecule has 40 heavy (non-hydrogen) atoms. The van der Waals surface area contributed by atoms with E-state index in [1.165, 1.54) is 42.6 Å². The zero-order valence-corrected chi connectivity index (χ0v) is 23.6. The van der Waals surface area contributed by atoms with Gasteiger partial charge in [-0.05, 0) is 93.5 Å². The summed E-state index contributed by atoms with van der Waals surface area (Å²) in [5, 5.41) is 9.04. The molecule has 2 fully saturated rings. The summed E-state index contributed by atoms with van der Waals surface area (Å²) < 4.78 is 31.4. The largest absolute Gasteiger partial charge is 0.325 e. The molecular weight excluding hydrogens is 518 g/mol. The van der Waals surface area contributed by atoms with Crippen LogP contribution in [0.5, 0.6) is 0 Å². The summed E-state index contributed by atoms with van der Waals surface area (Å²) in [4.78, 5) is 7.69. The first-order valence-electron chi connectivity index (χ1n) is 14.2. The summed E-state index contributed by atoms with van der Waals surface area (Å²) >= 11 is 0. The molecule has 8 heteroatoms. The van der Waals surface area contributed by atoms with Crippen molar-refractivity contribution in [1.29, 1.82) is 5.26 Å². The van der Waals surface area contributed by atoms with Crippen LogP contribution in [0, 0.1) is 18.3 Å². The van der Waals surface area contributed by atoms with Gasteiger partial charge >= 0.3 is 0 Å². The number of fused-ring (bicyclic) bond motifs is 3. The Balaban J connectivity index is 1.14. The van der Waals surface area contributed by atoms with E-state index < -0.39 is 10.0 Å². The first-order chi connectivity index (χ1) is 19.4. The van der Waals surface area contributed by atoms with Crippen LogP contribution in [0.1, 0.15) is 61.0 Å². The minimum atomic E-state index is -3.68. The Morgan fingerprint density at radius 3 is 2.33 bits per heavy atom. The number of nitrogens with one attached hydrogen (secondary N) is 1. The van der Waals surface area contributed by atoms with Gasteiger partial charge in [-0.2, -0.15) is 5.26 Å². The number of aromatic nitrogens is 2. The maximum absolute atomic E-state index is 13.0. The number of nitrogens with zero attached hydrogens (tertiary/aromatic N) is 4. The molecule has 2 aliphatic rings. The number of hydrogen-bond donors (Lipinski definition) is 1. The highest BCUT2D eigenvalue weighted by atomic mass is 32.2. The van der Waals surface area contributed by atoms with Crippen LogP contribution in [-0.4, -0.2) is 48.0 Å². The molecule has 0 radical (unpaired) electrons. The second-order valence-electron chi connectivity index (χ2n) is 11.2. The van der Waals surface area contributed by atoms with Crippen molar-refractivity contribution in [2.75, 3.05) is 13.1 Å². The lowest BCUT2D eigenvalue weighted by Gasteiger charge is -2.40. The first-order valence-corrected chi connectivity index (χ1v) is 15.7. The molecule has 1 aromatic heterocycles. The number of rotatable bonds is 9. The molecule has 2 bridgehead atoms. The van der Waals surface area contributed by atoms with Crippen molar-refractivity contribution in [1.82, 2.24) is 19.2 Å². The molecule has 3 heterocycles. The van der Waals surface area contributed by atoms with Crippen LogP contribution in [0.25, 0.3) is 11.0 Å². The molecule has 7 nitrogen and oxygen atoms in total. The first kappa shape index (κ1) is 26.7. The van der Waals surface area contributed by atoms with Crippen LogP contribution in [-0.2, 0) is 10.0 Å². The van der Waals surface area contributed by atoms with Gasteiger partial charge in [0.05, 0.1) is 27.6 Å². The summed E-state index contributed by atoms with van der Waals surface area (Å²) in [5.74, 6) is 1.16. The average molecular weight is 554 g/mol. The lowest BCUT2D eigenvalue weighted by atomic mass is 9.93. The van der Waals surface area contributed by atoms with Crippen molar-refractivity contribution in [3.63, 3.8) is 0 Å². The van der Waals surface area contributed by atoms with E-state index >= 15 is 0 Å². The Hall–Kier alpha value is -3.51. The smallest absolute Gasteiger partial charge is 0.240 e. The number of benzene rings is 3. The van der Waals surface area contributed by atoms with E-state index in [9.17, 15) is 8.42 Å². The highest BCUT2D eigenvalue weighted by Gasteiger charge is 2.41. The van der Waals surface area contributed by atoms with Gasteiger partial charge in [0.2, 0.25) is 10.0 Å². The zero-order valence-electron chi connectivity index (χ0n) is 22.8. The van der Waals surface area contributed by atoms with Gasteiger partial charge in [0.1, 0.15) is 5.82 Å². The molecule has 3 aromatic carbocycles. The fourth-order valence-corrected chi connectivity index (χ4v) is 7.95. The predicted octanol–water partition coefficient (Wildman–Crippen LogP) is 5.54. The molecule has 2 aliphatic heterocycles. The van der Waals surface area contributed by atoms with Crippen LogP contribution in [0.3, 0.4) is 0 Å². The van der Waals surface area contributed by atoms with Crippen molar-refractivity contribution in [2.24, 2.45) is 0 Å². The van der Waals surface area contributed by atoms with Crippen LogP contribution < -0.4 is 4.72 Å². The maximum Gasteiger partial charge on any atom is 0.240 e. The SMILES string of the molecule is Cc1nc2ccccc2n1[C@H]1C[C@H]2CC[C@@H](C1)N2CCC(CNS(=O)(=O)c1ccc(C#N)cc1)c1ccccc1. The van der Waals surface area contributed by atoms with Gasteiger partial charge in [0.15, 0.2) is 0 Å². The quantitative estimate of drug-likeness (QED) is 0.294. The number of sulfonamides is 1. The number of hydrogen-bond acceptors (Lipinski definition) is 5. The molecule has 0 spiro atoms. The fraction of sp³-hybridized carbons (Fsp3) is 0.375. The summed E-state index contributed by atoms with van der Waals surface area (Å²) in [6, 6.07) is 28.3. The van der Waals surface area contributed by atoms with E-state index in [0.29, 0.717) is 30.2 Å². The Morgan fingerprint density at radius 2 is 1.62 bits per heavy atom. The minimum absolute atomic E-state index is 0.0614. The Kier molecular flexibility index (Phi) is 7.45. The second-order valence-corrected chi connectivity index (χ2v) is 12.9. The summed E-state index contributed by atoms with van der Waals surface area (Å²) in [7, 11) is -3.68. The van der Waals surface area contributed by atoms with Gasteiger partial charge < -0.3 is 4.57 Å². The van der Waals surface area contributed by atoms with Crippen LogP contribution >= 0.6 is 0 Å². The van der Waals surface area contributed by atoms with Crippen molar-refractivity contribution in [2.45, 2.75) is 68.0 Å². The zero-order chi connectivity index (χ0) is 27.7. The third kappa shape index (κ3) is 5.29. The normalized spacial score (nSPS) is 21.9. The molecule has 206 valence electrons. The van der Waals surface area contributed by atoms with E-state index in [1.54, 1.807) is 0 Å². The molecule has 4 atom stereocenters. The average Bonchev–Trinajstić information content (AvgIpc) is 3.43. The maximum atomic E-state index is 13.0. The van der Waals surface area contributed by atoms with Gasteiger partial charge in [-0.15, -0.1) is 0 Å². The van der Waals surface area contributed by atoms with Crippen LogP contribution in [0.15, 0.2) is 83.8 Å². The van der Waals surface area contributed by atoms with Crippen molar-refractivity contribution >= 4 is 21.1 Å². The lowest BCUT2D eigenvalue weighted by molar-refractivity contribution is 0.104. The van der Waals surface area contributed by atoms with Crippen LogP contribution in [0.4, 0.5) is 0 Å². The highest BCUT2D eigenvalue weighted by molar-refractivity contribution is 7.89. The number of aryl methyl sites for hydroxylation is 1. The molecule has 4 aromatic rings. The van der Waals surface area contributed by atoms with E-state index in [2.05, 4.69) is 57.5 Å². The Morgan fingerprint density at radius 1 is 0.950 bits per heavy atom. The van der Waals surface area contributed by atoms with Crippen molar-refractivity contribution in [3.05, 3.63) is 95.8 Å². The number of para-hydroxylation sites is 2. The van der Waals surface area contributed by atoms with E-state index in [1.807, 2.05) is 24.3 Å². The van der Waals surface area contributed by atoms with Crippen LogP contribution in [0.2, 0.25) is 0 Å². The number of piperidine rings is 1. The molecule has 0 aliphatic carbocycles. The summed E-state index contributed by atoms with van der Waals surface area (Å²) in [5.41, 5.74) is 3.89. The van der Waals surface area contributed by atoms with Crippen molar-refractivity contribution in [3.8, 4) is 6.07 Å². The molecule has 1 N–H and O–H groups in total. The molecule has 6 rings (SSSR count). The van der Waals surface area contributed by atoms with Gasteiger partial charge in [0.25, 0.3) is 0 Å². The van der Waals surface area contributed by atoms with E-state index in [0.717, 1.165) is 42.7 Å². The molecular formula is C32H35N5O2S. The van der Waals surface area contributed by atoms with E-state index in [4.69, 9.17) is 10.2 Å². The van der Waals surface area contributed by atoms with Crippen molar-refractivity contribution < 1.29 is 8.42 Å². The number of nitriles is 1.